The lowest BCUT2D eigenvalue weighted by atomic mass is 10.1. The van der Waals surface area contributed by atoms with Crippen LogP contribution in [0.5, 0.6) is 5.75 Å². The van der Waals surface area contributed by atoms with E-state index in [-0.39, 0.29) is 0 Å². The summed E-state index contributed by atoms with van der Waals surface area (Å²) in [4.78, 5) is 0. The van der Waals surface area contributed by atoms with Crippen molar-refractivity contribution in [2.45, 2.75) is 0 Å². The molecule has 0 unspecified atom stereocenters. The lowest BCUT2D eigenvalue weighted by molar-refractivity contribution is 0.288. The molecule has 5 rings (SSSR count). The summed E-state index contributed by atoms with van der Waals surface area (Å²) in [5.41, 5.74) is 3.20. The molecule has 130 valence electrons. The number of hydrogen-bond acceptors (Lipinski definition) is 3. The Balaban J connectivity index is 1.91. The van der Waals surface area contributed by atoms with E-state index in [1.54, 1.807) is 6.07 Å². The lowest BCUT2D eigenvalue weighted by Crippen LogP contribution is -2.20. The van der Waals surface area contributed by atoms with Crippen LogP contribution in [0.1, 0.15) is 0 Å². The zero-order valence-electron chi connectivity index (χ0n) is 14.4. The van der Waals surface area contributed by atoms with E-state index in [1.165, 1.54) is 5.39 Å². The highest BCUT2D eigenvalue weighted by atomic mass is 16.6. The summed E-state index contributed by atoms with van der Waals surface area (Å²) >= 11 is 0. The van der Waals surface area contributed by atoms with Gasteiger partial charge in [0.25, 0.3) is 0 Å². The highest BCUT2D eigenvalue weighted by Gasteiger charge is 2.16. The fourth-order valence-electron chi connectivity index (χ4n) is 3.73. The van der Waals surface area contributed by atoms with Gasteiger partial charge in [-0.15, -0.1) is 0 Å². The monoisotopic (exact) mass is 353 g/mol. The Morgan fingerprint density at radius 3 is 2.07 bits per heavy atom. The standard InChI is InChI=1S/C22H16BNO3/c25-23(26)27-18-10-11-21-20(14-18)19-12-15-6-4-5-7-16(15)13-22(19)24(21)17-8-2-1-3-9-17/h1-14,25-26H. The van der Waals surface area contributed by atoms with Crippen LogP contribution in [0.25, 0.3) is 38.3 Å². The smallest absolute Gasteiger partial charge is 0.512 e. The Bertz CT molecular complexity index is 1280. The molecule has 0 aliphatic carbocycles. The number of aromatic nitrogens is 1. The van der Waals surface area contributed by atoms with Gasteiger partial charge in [0.1, 0.15) is 5.75 Å². The number of nitrogens with zero attached hydrogens (tertiary/aromatic N) is 1. The van der Waals surface area contributed by atoms with Crippen molar-refractivity contribution in [3.63, 3.8) is 0 Å². The summed E-state index contributed by atoms with van der Waals surface area (Å²) < 4.78 is 7.29. The van der Waals surface area contributed by atoms with E-state index in [0.29, 0.717) is 5.75 Å². The molecule has 5 aromatic rings. The van der Waals surface area contributed by atoms with Crippen molar-refractivity contribution in [3.8, 4) is 11.4 Å². The van der Waals surface area contributed by atoms with Crippen molar-refractivity contribution < 1.29 is 14.7 Å². The maximum atomic E-state index is 9.14. The van der Waals surface area contributed by atoms with E-state index in [2.05, 4.69) is 41.0 Å². The van der Waals surface area contributed by atoms with Crippen LogP contribution in [0.2, 0.25) is 0 Å². The van der Waals surface area contributed by atoms with Crippen LogP contribution in [0, 0.1) is 0 Å². The van der Waals surface area contributed by atoms with Gasteiger partial charge >= 0.3 is 7.32 Å². The third-order valence-corrected chi connectivity index (χ3v) is 4.86. The topological polar surface area (TPSA) is 54.6 Å². The van der Waals surface area contributed by atoms with Crippen LogP contribution in [0.3, 0.4) is 0 Å². The van der Waals surface area contributed by atoms with Crippen LogP contribution in [-0.4, -0.2) is 21.9 Å². The molecule has 0 radical (unpaired) electrons. The van der Waals surface area contributed by atoms with Crippen LogP contribution in [0.15, 0.2) is 84.9 Å². The van der Waals surface area contributed by atoms with Gasteiger partial charge in [-0.25, -0.2) is 0 Å². The molecule has 0 atom stereocenters. The van der Waals surface area contributed by atoms with Gasteiger partial charge in [0, 0.05) is 16.5 Å². The molecule has 0 fully saturated rings. The Kier molecular flexibility index (Phi) is 3.64. The largest absolute Gasteiger partial charge is 0.707 e. The molecule has 0 aliphatic heterocycles. The van der Waals surface area contributed by atoms with Gasteiger partial charge in [-0.2, -0.15) is 0 Å². The van der Waals surface area contributed by atoms with Crippen molar-refractivity contribution in [2.75, 3.05) is 0 Å². The van der Waals surface area contributed by atoms with E-state index in [9.17, 15) is 0 Å². The Labute approximate surface area is 156 Å². The molecule has 0 spiro atoms. The zero-order valence-corrected chi connectivity index (χ0v) is 14.4. The highest BCUT2D eigenvalue weighted by molar-refractivity contribution is 6.33. The number of rotatable bonds is 3. The van der Waals surface area contributed by atoms with Crippen LogP contribution in [-0.2, 0) is 0 Å². The summed E-state index contributed by atoms with van der Waals surface area (Å²) in [6.07, 6.45) is 0. The molecule has 27 heavy (non-hydrogen) atoms. The second-order valence-corrected chi connectivity index (χ2v) is 6.51. The van der Waals surface area contributed by atoms with E-state index < -0.39 is 7.32 Å². The van der Waals surface area contributed by atoms with Gasteiger partial charge in [-0.1, -0.05) is 42.5 Å². The quantitative estimate of drug-likeness (QED) is 0.476. The fraction of sp³-hybridized carbons (Fsp3) is 0. The fourth-order valence-corrected chi connectivity index (χ4v) is 3.73. The number of hydrogen-bond donors (Lipinski definition) is 2. The third-order valence-electron chi connectivity index (χ3n) is 4.86. The minimum atomic E-state index is -1.84. The predicted molar refractivity (Wildman–Crippen MR) is 109 cm³/mol. The van der Waals surface area contributed by atoms with E-state index in [1.807, 2.05) is 42.5 Å². The van der Waals surface area contributed by atoms with Crippen molar-refractivity contribution >= 4 is 39.9 Å². The first-order chi connectivity index (χ1) is 13.2. The van der Waals surface area contributed by atoms with Gasteiger partial charge in [0.2, 0.25) is 0 Å². The highest BCUT2D eigenvalue weighted by Crippen LogP contribution is 2.36. The Hall–Kier alpha value is -3.28. The number of para-hydroxylation sites is 1. The van der Waals surface area contributed by atoms with Gasteiger partial charge < -0.3 is 19.3 Å². The predicted octanol–water partition coefficient (Wildman–Crippen LogP) is 4.29. The molecule has 1 heterocycles. The molecule has 5 heteroatoms. The molecular weight excluding hydrogens is 337 g/mol. The molecule has 0 amide bonds. The number of benzene rings is 4. The summed E-state index contributed by atoms with van der Waals surface area (Å²) in [7, 11) is -1.84. The van der Waals surface area contributed by atoms with Crippen molar-refractivity contribution in [1.82, 2.24) is 4.57 Å². The minimum Gasteiger partial charge on any atom is -0.512 e. The molecule has 2 N–H and O–H groups in total. The maximum absolute atomic E-state index is 9.14. The van der Waals surface area contributed by atoms with E-state index in [4.69, 9.17) is 14.7 Å². The molecule has 0 saturated carbocycles. The van der Waals surface area contributed by atoms with Crippen molar-refractivity contribution in [3.05, 3.63) is 84.9 Å². The van der Waals surface area contributed by atoms with Crippen LogP contribution < -0.4 is 4.65 Å². The molecule has 4 aromatic carbocycles. The van der Waals surface area contributed by atoms with Crippen LogP contribution >= 0.6 is 0 Å². The second kappa shape index (κ2) is 6.16. The van der Waals surface area contributed by atoms with Crippen molar-refractivity contribution in [2.24, 2.45) is 0 Å². The Morgan fingerprint density at radius 2 is 1.33 bits per heavy atom. The first-order valence-corrected chi connectivity index (χ1v) is 8.76. The summed E-state index contributed by atoms with van der Waals surface area (Å²) in [5, 5.41) is 22.7. The summed E-state index contributed by atoms with van der Waals surface area (Å²) in [6.45, 7) is 0. The maximum Gasteiger partial charge on any atom is 0.707 e. The number of fused-ring (bicyclic) bond motifs is 4. The normalized spacial score (nSPS) is 11.3. The molecule has 0 bridgehead atoms. The average molecular weight is 353 g/mol. The van der Waals surface area contributed by atoms with Gasteiger partial charge in [-0.3, -0.25) is 0 Å². The van der Waals surface area contributed by atoms with Crippen LogP contribution in [0.4, 0.5) is 0 Å². The van der Waals surface area contributed by atoms with Gasteiger partial charge in [-0.05, 0) is 53.2 Å². The molecule has 4 nitrogen and oxygen atoms in total. The Morgan fingerprint density at radius 1 is 0.667 bits per heavy atom. The average Bonchev–Trinajstić information content (AvgIpc) is 2.99. The van der Waals surface area contributed by atoms with E-state index >= 15 is 0 Å². The first kappa shape index (κ1) is 15.9. The molecule has 0 saturated heterocycles. The second-order valence-electron chi connectivity index (χ2n) is 6.51. The van der Waals surface area contributed by atoms with Gasteiger partial charge in [0.05, 0.1) is 11.0 Å². The summed E-state index contributed by atoms with van der Waals surface area (Å²) in [6, 6.07) is 28.4. The lowest BCUT2D eigenvalue weighted by Gasteiger charge is -2.08. The van der Waals surface area contributed by atoms with Crippen molar-refractivity contribution in [1.29, 1.82) is 0 Å². The minimum absolute atomic E-state index is 0.415. The zero-order chi connectivity index (χ0) is 18.4. The first-order valence-electron chi connectivity index (χ1n) is 8.76. The molecular formula is C22H16BNO3. The van der Waals surface area contributed by atoms with E-state index in [0.717, 1.165) is 32.9 Å². The summed E-state index contributed by atoms with van der Waals surface area (Å²) in [5.74, 6) is 0.415. The third kappa shape index (κ3) is 2.65. The SMILES string of the molecule is OB(O)Oc1ccc2c(c1)c1cc3ccccc3cc1n2-c1ccccc1. The molecule has 0 aliphatic rings. The molecule has 1 aromatic heterocycles. The van der Waals surface area contributed by atoms with Gasteiger partial charge in [0.15, 0.2) is 0 Å².